The number of Topliss-reactive ketones (excluding diaryl/α,β-unsaturated/α-hetero) is 1. The fourth-order valence-electron chi connectivity index (χ4n) is 1.45. The fraction of sp³-hybridized carbons (Fsp3) is 0.385. The summed E-state index contributed by atoms with van der Waals surface area (Å²) in [6.07, 6.45) is 0. The predicted molar refractivity (Wildman–Crippen MR) is 74.7 cm³/mol. The molecule has 0 N–H and O–H groups in total. The van der Waals surface area contributed by atoms with Gasteiger partial charge in [0.25, 0.3) is 0 Å². The van der Waals surface area contributed by atoms with E-state index in [1.807, 2.05) is 18.2 Å². The van der Waals surface area contributed by atoms with Crippen molar-refractivity contribution >= 4 is 27.6 Å². The van der Waals surface area contributed by atoms with Crippen LogP contribution in [0, 0.1) is 0 Å². The van der Waals surface area contributed by atoms with Crippen molar-refractivity contribution in [3.05, 3.63) is 34.3 Å². The molecule has 0 spiro atoms. The Hall–Kier alpha value is -1.20. The Kier molecular flexibility index (Phi) is 5.50. The molecule has 1 aromatic rings. The van der Waals surface area contributed by atoms with Gasteiger partial charge in [-0.05, 0) is 13.1 Å². The fourth-order valence-corrected chi connectivity index (χ4v) is 1.95. The third-order valence-corrected chi connectivity index (χ3v) is 3.18. The van der Waals surface area contributed by atoms with Gasteiger partial charge in [-0.3, -0.25) is 14.5 Å². The van der Waals surface area contributed by atoms with Gasteiger partial charge in [-0.2, -0.15) is 0 Å². The van der Waals surface area contributed by atoms with Crippen molar-refractivity contribution in [1.82, 2.24) is 9.80 Å². The summed E-state index contributed by atoms with van der Waals surface area (Å²) in [5.74, 6) is -0.0195. The Morgan fingerprint density at radius 2 is 1.72 bits per heavy atom. The third kappa shape index (κ3) is 4.23. The number of benzene rings is 1. The van der Waals surface area contributed by atoms with Gasteiger partial charge in [-0.1, -0.05) is 34.1 Å². The van der Waals surface area contributed by atoms with Crippen LogP contribution in [0.25, 0.3) is 0 Å². The first kappa shape index (κ1) is 14.9. The summed E-state index contributed by atoms with van der Waals surface area (Å²) in [7, 11) is 5.16. The van der Waals surface area contributed by atoms with Crippen LogP contribution in [0.4, 0.5) is 0 Å². The van der Waals surface area contributed by atoms with E-state index in [1.54, 1.807) is 32.1 Å². The molecule has 1 amide bonds. The van der Waals surface area contributed by atoms with E-state index in [2.05, 4.69) is 15.9 Å². The molecule has 18 heavy (non-hydrogen) atoms. The predicted octanol–water partition coefficient (Wildman–Crippen LogP) is 1.65. The quantitative estimate of drug-likeness (QED) is 0.776. The molecular weight excluding hydrogens is 296 g/mol. The molecule has 98 valence electrons. The summed E-state index contributed by atoms with van der Waals surface area (Å²) in [6, 6.07) is 7.29. The average Bonchev–Trinajstić information content (AvgIpc) is 2.28. The van der Waals surface area contributed by atoms with Crippen molar-refractivity contribution in [3.63, 3.8) is 0 Å². The van der Waals surface area contributed by atoms with Crippen molar-refractivity contribution < 1.29 is 9.59 Å². The zero-order chi connectivity index (χ0) is 13.7. The average molecular weight is 313 g/mol. The molecule has 1 rings (SSSR count). The highest BCUT2D eigenvalue weighted by atomic mass is 79.9. The molecule has 4 nitrogen and oxygen atoms in total. The minimum absolute atomic E-state index is 0.00321. The molecule has 0 aliphatic heterocycles. The topological polar surface area (TPSA) is 40.6 Å². The summed E-state index contributed by atoms with van der Waals surface area (Å²) in [6.45, 7) is 0.464. The summed E-state index contributed by atoms with van der Waals surface area (Å²) in [5, 5.41) is 0. The first-order valence-corrected chi connectivity index (χ1v) is 6.37. The SMILES string of the molecule is CN(CC(=O)c1ccccc1Br)CC(=O)N(C)C. The van der Waals surface area contributed by atoms with Gasteiger partial charge in [0.2, 0.25) is 5.91 Å². The van der Waals surface area contributed by atoms with E-state index in [9.17, 15) is 9.59 Å². The van der Waals surface area contributed by atoms with Crippen LogP contribution < -0.4 is 0 Å². The van der Waals surface area contributed by atoms with E-state index >= 15 is 0 Å². The highest BCUT2D eigenvalue weighted by Gasteiger charge is 2.14. The Labute approximate surface area is 116 Å². The van der Waals surface area contributed by atoms with E-state index in [1.165, 1.54) is 4.90 Å². The molecule has 0 atom stereocenters. The maximum atomic E-state index is 12.0. The second kappa shape index (κ2) is 6.66. The molecular formula is C13H17BrN2O2. The van der Waals surface area contributed by atoms with Gasteiger partial charge < -0.3 is 4.90 Å². The van der Waals surface area contributed by atoms with Crippen LogP contribution in [0.1, 0.15) is 10.4 Å². The van der Waals surface area contributed by atoms with Crippen LogP contribution in [0.5, 0.6) is 0 Å². The summed E-state index contributed by atoms with van der Waals surface area (Å²) in [4.78, 5) is 26.8. The molecule has 0 saturated carbocycles. The summed E-state index contributed by atoms with van der Waals surface area (Å²) < 4.78 is 0.780. The molecule has 0 aliphatic rings. The van der Waals surface area contributed by atoms with E-state index in [0.717, 1.165) is 4.47 Å². The molecule has 0 aromatic heterocycles. The van der Waals surface area contributed by atoms with Crippen molar-refractivity contribution in [1.29, 1.82) is 0 Å². The lowest BCUT2D eigenvalue weighted by Gasteiger charge is -2.18. The minimum atomic E-state index is -0.0163. The number of rotatable bonds is 5. The van der Waals surface area contributed by atoms with Gasteiger partial charge in [0.1, 0.15) is 0 Å². The van der Waals surface area contributed by atoms with Gasteiger partial charge in [0.15, 0.2) is 5.78 Å². The van der Waals surface area contributed by atoms with Crippen LogP contribution in [-0.4, -0.2) is 55.7 Å². The Balaban J connectivity index is 2.60. The number of hydrogen-bond acceptors (Lipinski definition) is 3. The standard InChI is InChI=1S/C13H17BrN2O2/c1-15(2)13(18)9-16(3)8-12(17)10-6-4-5-7-11(10)14/h4-7H,8-9H2,1-3H3. The first-order valence-electron chi connectivity index (χ1n) is 5.58. The smallest absolute Gasteiger partial charge is 0.236 e. The van der Waals surface area contributed by atoms with Crippen molar-refractivity contribution in [3.8, 4) is 0 Å². The Bertz CT molecular complexity index is 446. The lowest BCUT2D eigenvalue weighted by Crippen LogP contribution is -2.37. The molecule has 0 saturated heterocycles. The van der Waals surface area contributed by atoms with Crippen LogP contribution in [0.3, 0.4) is 0 Å². The van der Waals surface area contributed by atoms with Gasteiger partial charge in [-0.25, -0.2) is 0 Å². The number of likely N-dealkylation sites (N-methyl/N-ethyl adjacent to an activating group) is 2. The number of carbonyl (C=O) groups is 2. The molecule has 0 fully saturated rings. The van der Waals surface area contributed by atoms with Gasteiger partial charge in [0.05, 0.1) is 13.1 Å². The second-order valence-electron chi connectivity index (χ2n) is 4.36. The van der Waals surface area contributed by atoms with Crippen LogP contribution in [0.15, 0.2) is 28.7 Å². The molecule has 1 aromatic carbocycles. The Morgan fingerprint density at radius 3 is 2.28 bits per heavy atom. The molecule has 0 bridgehead atoms. The van der Waals surface area contributed by atoms with Crippen LogP contribution in [0.2, 0.25) is 0 Å². The lowest BCUT2D eigenvalue weighted by atomic mass is 10.1. The normalized spacial score (nSPS) is 10.5. The summed E-state index contributed by atoms with van der Waals surface area (Å²) >= 11 is 3.35. The third-order valence-electron chi connectivity index (χ3n) is 2.49. The van der Waals surface area contributed by atoms with Crippen LogP contribution in [-0.2, 0) is 4.79 Å². The Morgan fingerprint density at radius 1 is 1.11 bits per heavy atom. The number of ketones is 1. The number of nitrogens with zero attached hydrogens (tertiary/aromatic N) is 2. The van der Waals surface area contributed by atoms with Crippen molar-refractivity contribution in [2.24, 2.45) is 0 Å². The van der Waals surface area contributed by atoms with Gasteiger partial charge >= 0.3 is 0 Å². The number of carbonyl (C=O) groups excluding carboxylic acids is 2. The molecule has 5 heteroatoms. The minimum Gasteiger partial charge on any atom is -0.348 e. The number of amides is 1. The highest BCUT2D eigenvalue weighted by Crippen LogP contribution is 2.16. The first-order chi connectivity index (χ1) is 8.41. The maximum absolute atomic E-state index is 12.0. The zero-order valence-electron chi connectivity index (χ0n) is 10.8. The molecule has 0 radical (unpaired) electrons. The van der Waals surface area contributed by atoms with E-state index in [4.69, 9.17) is 0 Å². The number of halogens is 1. The lowest BCUT2D eigenvalue weighted by molar-refractivity contribution is -0.129. The monoisotopic (exact) mass is 312 g/mol. The van der Waals surface area contributed by atoms with Crippen LogP contribution >= 0.6 is 15.9 Å². The highest BCUT2D eigenvalue weighted by molar-refractivity contribution is 9.10. The number of hydrogen-bond donors (Lipinski definition) is 0. The second-order valence-corrected chi connectivity index (χ2v) is 5.22. The van der Waals surface area contributed by atoms with E-state index < -0.39 is 0 Å². The summed E-state index contributed by atoms with van der Waals surface area (Å²) in [5.41, 5.74) is 0.640. The zero-order valence-corrected chi connectivity index (χ0v) is 12.4. The van der Waals surface area contributed by atoms with Crippen molar-refractivity contribution in [2.45, 2.75) is 0 Å². The van der Waals surface area contributed by atoms with Gasteiger partial charge in [-0.15, -0.1) is 0 Å². The van der Waals surface area contributed by atoms with E-state index in [0.29, 0.717) is 5.56 Å². The van der Waals surface area contributed by atoms with E-state index in [-0.39, 0.29) is 24.8 Å². The van der Waals surface area contributed by atoms with Gasteiger partial charge in [0, 0.05) is 24.1 Å². The molecule has 0 aliphatic carbocycles. The van der Waals surface area contributed by atoms with Crippen molar-refractivity contribution in [2.75, 3.05) is 34.2 Å². The molecule has 0 heterocycles. The maximum Gasteiger partial charge on any atom is 0.236 e. The largest absolute Gasteiger partial charge is 0.348 e. The molecule has 0 unspecified atom stereocenters.